The fourth-order valence-electron chi connectivity index (χ4n) is 3.19. The lowest BCUT2D eigenvalue weighted by Gasteiger charge is -2.32. The minimum atomic E-state index is 0.219. The normalized spacial score (nSPS) is 40.1. The zero-order valence-corrected chi connectivity index (χ0v) is 10.7. The molecule has 3 heteroatoms. The van der Waals surface area contributed by atoms with Crippen molar-refractivity contribution >= 4 is 5.91 Å². The zero-order chi connectivity index (χ0) is 11.7. The molecule has 3 nitrogen and oxygen atoms in total. The molecule has 0 aromatic rings. The maximum atomic E-state index is 12.4. The van der Waals surface area contributed by atoms with Gasteiger partial charge in [0.1, 0.15) is 0 Å². The van der Waals surface area contributed by atoms with Crippen LogP contribution in [0.1, 0.15) is 33.6 Å². The first-order valence-corrected chi connectivity index (χ1v) is 6.59. The smallest absolute Gasteiger partial charge is 0.227 e. The quantitative estimate of drug-likeness (QED) is 0.732. The molecule has 0 radical (unpaired) electrons. The van der Waals surface area contributed by atoms with Crippen molar-refractivity contribution in [3.8, 4) is 0 Å². The van der Waals surface area contributed by atoms with Gasteiger partial charge in [-0.15, -0.1) is 0 Å². The summed E-state index contributed by atoms with van der Waals surface area (Å²) in [5.74, 6) is 1.92. The number of piperidine rings is 1. The highest BCUT2D eigenvalue weighted by molar-refractivity contribution is 5.79. The molecule has 2 aliphatic rings. The molecule has 0 saturated carbocycles. The van der Waals surface area contributed by atoms with Crippen LogP contribution < -0.4 is 5.32 Å². The molecule has 2 heterocycles. The first-order chi connectivity index (χ1) is 7.58. The Bertz CT molecular complexity index is 267. The van der Waals surface area contributed by atoms with Gasteiger partial charge < -0.3 is 10.2 Å². The molecule has 2 rings (SSSR count). The molecule has 2 saturated heterocycles. The fourth-order valence-corrected chi connectivity index (χ4v) is 3.19. The predicted octanol–water partition coefficient (Wildman–Crippen LogP) is 1.49. The summed E-state index contributed by atoms with van der Waals surface area (Å²) >= 11 is 0. The Kier molecular flexibility index (Phi) is 3.53. The van der Waals surface area contributed by atoms with Gasteiger partial charge in [-0.3, -0.25) is 4.79 Å². The summed E-state index contributed by atoms with van der Waals surface area (Å²) in [7, 11) is 0. The number of nitrogens with one attached hydrogen (secondary N) is 1. The molecule has 2 fully saturated rings. The van der Waals surface area contributed by atoms with Gasteiger partial charge in [0.15, 0.2) is 0 Å². The Balaban J connectivity index is 1.96. The molecule has 0 bridgehead atoms. The van der Waals surface area contributed by atoms with Gasteiger partial charge in [0.05, 0.1) is 5.92 Å². The third-order valence-electron chi connectivity index (χ3n) is 3.99. The number of hydrogen-bond acceptors (Lipinski definition) is 2. The summed E-state index contributed by atoms with van der Waals surface area (Å²) in [6.07, 6.45) is 2.23. The second-order valence-electron chi connectivity index (χ2n) is 5.88. The van der Waals surface area contributed by atoms with E-state index in [0.29, 0.717) is 23.8 Å². The van der Waals surface area contributed by atoms with Crippen molar-refractivity contribution in [2.45, 2.75) is 39.7 Å². The molecule has 1 N–H and O–H groups in total. The minimum absolute atomic E-state index is 0.219. The highest BCUT2D eigenvalue weighted by Crippen LogP contribution is 2.26. The molecule has 0 aromatic heterocycles. The van der Waals surface area contributed by atoms with Gasteiger partial charge in [-0.2, -0.15) is 0 Å². The van der Waals surface area contributed by atoms with E-state index in [9.17, 15) is 4.79 Å². The Morgan fingerprint density at radius 3 is 2.44 bits per heavy atom. The topological polar surface area (TPSA) is 32.3 Å². The summed E-state index contributed by atoms with van der Waals surface area (Å²) < 4.78 is 0. The van der Waals surface area contributed by atoms with E-state index in [1.165, 1.54) is 6.42 Å². The average molecular weight is 224 g/mol. The Morgan fingerprint density at radius 2 is 1.88 bits per heavy atom. The third kappa shape index (κ3) is 2.40. The van der Waals surface area contributed by atoms with E-state index in [1.807, 2.05) is 0 Å². The van der Waals surface area contributed by atoms with E-state index in [-0.39, 0.29) is 5.92 Å². The molecular formula is C13H24N2O. The highest BCUT2D eigenvalue weighted by Gasteiger charge is 2.35. The summed E-state index contributed by atoms with van der Waals surface area (Å²) in [5.41, 5.74) is 0. The van der Waals surface area contributed by atoms with Crippen molar-refractivity contribution in [1.82, 2.24) is 10.2 Å². The highest BCUT2D eigenvalue weighted by atomic mass is 16.2. The first kappa shape index (κ1) is 11.9. The zero-order valence-electron chi connectivity index (χ0n) is 10.7. The van der Waals surface area contributed by atoms with Crippen LogP contribution >= 0.6 is 0 Å². The van der Waals surface area contributed by atoms with Crippen LogP contribution in [0, 0.1) is 17.8 Å². The third-order valence-corrected chi connectivity index (χ3v) is 3.99. The summed E-state index contributed by atoms with van der Waals surface area (Å²) in [6, 6.07) is 0.444. The predicted molar refractivity (Wildman–Crippen MR) is 65.1 cm³/mol. The number of amides is 1. The van der Waals surface area contributed by atoms with Crippen LogP contribution in [-0.4, -0.2) is 36.5 Å². The Hall–Kier alpha value is -0.570. The lowest BCUT2D eigenvalue weighted by Crippen LogP contribution is -2.46. The van der Waals surface area contributed by atoms with Gasteiger partial charge >= 0.3 is 0 Å². The summed E-state index contributed by atoms with van der Waals surface area (Å²) in [6.45, 7) is 9.55. The first-order valence-electron chi connectivity index (χ1n) is 6.59. The van der Waals surface area contributed by atoms with Crippen molar-refractivity contribution < 1.29 is 4.79 Å². The molecule has 2 aliphatic heterocycles. The molecule has 1 amide bonds. The van der Waals surface area contributed by atoms with Crippen molar-refractivity contribution in [3.63, 3.8) is 0 Å². The fraction of sp³-hybridized carbons (Fsp3) is 0.923. The van der Waals surface area contributed by atoms with Crippen LogP contribution in [-0.2, 0) is 4.79 Å². The van der Waals surface area contributed by atoms with Crippen molar-refractivity contribution in [1.29, 1.82) is 0 Å². The molecule has 0 aromatic carbocycles. The van der Waals surface area contributed by atoms with Crippen molar-refractivity contribution in [3.05, 3.63) is 0 Å². The number of rotatable bonds is 1. The van der Waals surface area contributed by atoms with Gasteiger partial charge in [-0.1, -0.05) is 13.8 Å². The minimum Gasteiger partial charge on any atom is -0.339 e. The SMILES string of the molecule is CC1CNCC(C(=O)N2CC(C)CC2C)C1. The average Bonchev–Trinajstić information content (AvgIpc) is 2.57. The van der Waals surface area contributed by atoms with Gasteiger partial charge in [0.2, 0.25) is 5.91 Å². The second-order valence-corrected chi connectivity index (χ2v) is 5.88. The van der Waals surface area contributed by atoms with E-state index >= 15 is 0 Å². The number of carbonyl (C=O) groups excluding carboxylic acids is 1. The monoisotopic (exact) mass is 224 g/mol. The Morgan fingerprint density at radius 1 is 1.12 bits per heavy atom. The Labute approximate surface area is 98.6 Å². The number of nitrogens with zero attached hydrogens (tertiary/aromatic N) is 1. The number of carbonyl (C=O) groups is 1. The standard InChI is InChI=1S/C13H24N2O/c1-9-5-12(7-14-6-9)13(16)15-8-10(2)4-11(15)3/h9-12,14H,4-8H2,1-3H3. The van der Waals surface area contributed by atoms with Gasteiger partial charge in [0.25, 0.3) is 0 Å². The maximum absolute atomic E-state index is 12.4. The van der Waals surface area contributed by atoms with Crippen molar-refractivity contribution in [2.24, 2.45) is 17.8 Å². The lowest BCUT2D eigenvalue weighted by atomic mass is 9.90. The van der Waals surface area contributed by atoms with E-state index in [2.05, 4.69) is 31.0 Å². The van der Waals surface area contributed by atoms with Crippen LogP contribution in [0.4, 0.5) is 0 Å². The molecule has 16 heavy (non-hydrogen) atoms. The van der Waals surface area contributed by atoms with Crippen LogP contribution in [0.3, 0.4) is 0 Å². The van der Waals surface area contributed by atoms with E-state index in [1.54, 1.807) is 0 Å². The number of likely N-dealkylation sites (tertiary alicyclic amines) is 1. The van der Waals surface area contributed by atoms with E-state index < -0.39 is 0 Å². The van der Waals surface area contributed by atoms with Gasteiger partial charge in [-0.05, 0) is 38.1 Å². The van der Waals surface area contributed by atoms with Gasteiger partial charge in [0, 0.05) is 19.1 Å². The molecule has 0 spiro atoms. The molecule has 0 aliphatic carbocycles. The van der Waals surface area contributed by atoms with Crippen LogP contribution in [0.25, 0.3) is 0 Å². The molecular weight excluding hydrogens is 200 g/mol. The molecule has 4 atom stereocenters. The second kappa shape index (κ2) is 4.74. The lowest BCUT2D eigenvalue weighted by molar-refractivity contribution is -0.137. The summed E-state index contributed by atoms with van der Waals surface area (Å²) in [4.78, 5) is 14.5. The number of hydrogen-bond donors (Lipinski definition) is 1. The molecule has 4 unspecified atom stereocenters. The van der Waals surface area contributed by atoms with E-state index in [4.69, 9.17) is 0 Å². The summed E-state index contributed by atoms with van der Waals surface area (Å²) in [5, 5.41) is 3.37. The van der Waals surface area contributed by atoms with Gasteiger partial charge in [-0.25, -0.2) is 0 Å². The van der Waals surface area contributed by atoms with Crippen LogP contribution in [0.5, 0.6) is 0 Å². The molecule has 92 valence electrons. The maximum Gasteiger partial charge on any atom is 0.227 e. The van der Waals surface area contributed by atoms with Crippen LogP contribution in [0.15, 0.2) is 0 Å². The largest absolute Gasteiger partial charge is 0.339 e. The van der Waals surface area contributed by atoms with E-state index in [0.717, 1.165) is 26.1 Å². The van der Waals surface area contributed by atoms with Crippen molar-refractivity contribution in [2.75, 3.05) is 19.6 Å². The van der Waals surface area contributed by atoms with Crippen LogP contribution in [0.2, 0.25) is 0 Å².